The highest BCUT2D eigenvalue weighted by molar-refractivity contribution is 6.12. The van der Waals surface area contributed by atoms with Crippen LogP contribution in [-0.2, 0) is 6.54 Å². The highest BCUT2D eigenvalue weighted by Crippen LogP contribution is 2.42. The lowest BCUT2D eigenvalue weighted by Crippen LogP contribution is -2.07. The minimum atomic E-state index is 0.734. The van der Waals surface area contributed by atoms with Crippen molar-refractivity contribution >= 4 is 27.4 Å². The van der Waals surface area contributed by atoms with E-state index in [-0.39, 0.29) is 0 Å². The van der Waals surface area contributed by atoms with Crippen molar-refractivity contribution in [2.45, 2.75) is 26.3 Å². The van der Waals surface area contributed by atoms with Crippen LogP contribution in [0.15, 0.2) is 43.0 Å². The molecule has 0 aliphatic carbocycles. The predicted molar refractivity (Wildman–Crippen MR) is 88.9 cm³/mol. The van der Waals surface area contributed by atoms with Crippen molar-refractivity contribution < 1.29 is 4.74 Å². The third kappa shape index (κ3) is 1.72. The van der Waals surface area contributed by atoms with Crippen molar-refractivity contribution in [3.05, 3.63) is 48.5 Å². The number of hydrogen-bond donors (Lipinski definition) is 0. The summed E-state index contributed by atoms with van der Waals surface area (Å²) in [5.74, 6) is 1.02. The second-order valence-electron chi connectivity index (χ2n) is 5.71. The van der Waals surface area contributed by atoms with Gasteiger partial charge in [0.05, 0.1) is 17.5 Å². The fourth-order valence-electron chi connectivity index (χ4n) is 3.41. The Balaban J connectivity index is 2.17. The lowest BCUT2D eigenvalue weighted by molar-refractivity contribution is 0.321. The van der Waals surface area contributed by atoms with Crippen LogP contribution in [0.3, 0.4) is 0 Å². The van der Waals surface area contributed by atoms with E-state index in [9.17, 15) is 0 Å². The van der Waals surface area contributed by atoms with Gasteiger partial charge in [-0.3, -0.25) is 0 Å². The topological polar surface area (TPSA) is 14.2 Å². The van der Waals surface area contributed by atoms with Gasteiger partial charge >= 0.3 is 0 Å². The second-order valence-corrected chi connectivity index (χ2v) is 5.71. The van der Waals surface area contributed by atoms with Gasteiger partial charge in [0.1, 0.15) is 5.75 Å². The molecule has 106 valence electrons. The van der Waals surface area contributed by atoms with Crippen molar-refractivity contribution in [1.29, 1.82) is 0 Å². The summed E-state index contributed by atoms with van der Waals surface area (Å²) in [6.07, 6.45) is 2.05. The standard InChI is InChI=1S/C19H19NO/c1-3-11-20-16-7-5-4-6-15(16)18-17(20)9-8-14-13(2)10-12-21-19(14)18/h4-9H,2-3,10-12H2,1H3. The van der Waals surface area contributed by atoms with Gasteiger partial charge in [-0.25, -0.2) is 0 Å². The molecule has 0 saturated carbocycles. The SMILES string of the molecule is C=C1CCOc2c1ccc1c2c2ccccc2n1CCC. The Bertz CT molecular complexity index is 857. The van der Waals surface area contributed by atoms with Crippen LogP contribution in [0, 0.1) is 0 Å². The maximum Gasteiger partial charge on any atom is 0.136 e. The molecule has 1 aliphatic rings. The summed E-state index contributed by atoms with van der Waals surface area (Å²) >= 11 is 0. The van der Waals surface area contributed by atoms with Crippen molar-refractivity contribution in [2.75, 3.05) is 6.61 Å². The quantitative estimate of drug-likeness (QED) is 0.643. The predicted octanol–water partition coefficient (Wildman–Crippen LogP) is 5.00. The average molecular weight is 277 g/mol. The molecule has 0 bridgehead atoms. The summed E-state index contributed by atoms with van der Waals surface area (Å²) < 4.78 is 8.44. The van der Waals surface area contributed by atoms with Gasteiger partial charge < -0.3 is 9.30 Å². The Labute approximate surface area is 124 Å². The first kappa shape index (κ1) is 12.5. The molecule has 2 nitrogen and oxygen atoms in total. The summed E-state index contributed by atoms with van der Waals surface area (Å²) in [6, 6.07) is 13.0. The van der Waals surface area contributed by atoms with Crippen LogP contribution in [0.4, 0.5) is 0 Å². The first-order chi connectivity index (χ1) is 10.3. The molecular formula is C19H19NO. The van der Waals surface area contributed by atoms with Crippen molar-refractivity contribution in [3.8, 4) is 5.75 Å². The number of hydrogen-bond acceptors (Lipinski definition) is 1. The van der Waals surface area contributed by atoms with E-state index < -0.39 is 0 Å². The molecule has 4 rings (SSSR count). The van der Waals surface area contributed by atoms with Crippen LogP contribution in [0.25, 0.3) is 27.4 Å². The van der Waals surface area contributed by atoms with E-state index >= 15 is 0 Å². The van der Waals surface area contributed by atoms with Gasteiger partial charge in [-0.2, -0.15) is 0 Å². The molecule has 0 spiro atoms. The van der Waals surface area contributed by atoms with Crippen LogP contribution >= 0.6 is 0 Å². The Morgan fingerprint density at radius 3 is 2.86 bits per heavy atom. The van der Waals surface area contributed by atoms with Crippen molar-refractivity contribution in [3.63, 3.8) is 0 Å². The van der Waals surface area contributed by atoms with Crippen LogP contribution in [0.2, 0.25) is 0 Å². The number of aryl methyl sites for hydroxylation is 1. The summed E-state index contributed by atoms with van der Waals surface area (Å²) in [4.78, 5) is 0. The molecular weight excluding hydrogens is 258 g/mol. The third-order valence-corrected chi connectivity index (χ3v) is 4.37. The van der Waals surface area contributed by atoms with Gasteiger partial charge in [-0.1, -0.05) is 31.7 Å². The molecule has 0 unspecified atom stereocenters. The third-order valence-electron chi connectivity index (χ3n) is 4.37. The molecule has 0 atom stereocenters. The van der Waals surface area contributed by atoms with E-state index in [1.807, 2.05) is 0 Å². The monoisotopic (exact) mass is 277 g/mol. The highest BCUT2D eigenvalue weighted by atomic mass is 16.5. The molecule has 21 heavy (non-hydrogen) atoms. The van der Waals surface area contributed by atoms with Crippen LogP contribution in [0.5, 0.6) is 5.75 Å². The van der Waals surface area contributed by atoms with Gasteiger partial charge in [-0.15, -0.1) is 0 Å². The molecule has 3 aromatic rings. The number of ether oxygens (including phenoxy) is 1. The lowest BCUT2D eigenvalue weighted by Gasteiger charge is -2.20. The zero-order valence-corrected chi connectivity index (χ0v) is 12.4. The molecule has 2 heterocycles. The number of para-hydroxylation sites is 1. The minimum Gasteiger partial charge on any atom is -0.492 e. The van der Waals surface area contributed by atoms with E-state index in [0.717, 1.165) is 31.7 Å². The van der Waals surface area contributed by atoms with E-state index in [1.165, 1.54) is 32.9 Å². The largest absolute Gasteiger partial charge is 0.492 e. The smallest absolute Gasteiger partial charge is 0.136 e. The summed E-state index contributed by atoms with van der Waals surface area (Å²) in [6.45, 7) is 8.18. The second kappa shape index (κ2) is 4.66. The van der Waals surface area contributed by atoms with Crippen molar-refractivity contribution in [1.82, 2.24) is 4.57 Å². The molecule has 0 fully saturated rings. The summed E-state index contributed by atoms with van der Waals surface area (Å²) in [7, 11) is 0. The summed E-state index contributed by atoms with van der Waals surface area (Å²) in [5, 5.41) is 2.53. The lowest BCUT2D eigenvalue weighted by atomic mass is 9.98. The first-order valence-electron chi connectivity index (χ1n) is 7.66. The number of rotatable bonds is 2. The molecule has 1 aliphatic heterocycles. The Kier molecular flexibility index (Phi) is 2.78. The van der Waals surface area contributed by atoms with E-state index in [0.29, 0.717) is 0 Å². The fourth-order valence-corrected chi connectivity index (χ4v) is 3.41. The van der Waals surface area contributed by atoms with Crippen molar-refractivity contribution in [2.24, 2.45) is 0 Å². The zero-order valence-electron chi connectivity index (χ0n) is 12.4. The maximum atomic E-state index is 6.03. The highest BCUT2D eigenvalue weighted by Gasteiger charge is 2.21. The molecule has 0 amide bonds. The van der Waals surface area contributed by atoms with Crippen LogP contribution < -0.4 is 4.74 Å². The van der Waals surface area contributed by atoms with Gasteiger partial charge in [0.15, 0.2) is 0 Å². The molecule has 2 aromatic carbocycles. The van der Waals surface area contributed by atoms with Gasteiger partial charge in [-0.05, 0) is 30.2 Å². The Hall–Kier alpha value is -2.22. The number of aromatic nitrogens is 1. The van der Waals surface area contributed by atoms with Crippen LogP contribution in [0.1, 0.15) is 25.3 Å². The molecule has 1 aromatic heterocycles. The Morgan fingerprint density at radius 1 is 1.14 bits per heavy atom. The fraction of sp³-hybridized carbons (Fsp3) is 0.263. The molecule has 2 heteroatoms. The maximum absolute atomic E-state index is 6.03. The Morgan fingerprint density at radius 2 is 2.00 bits per heavy atom. The van der Waals surface area contributed by atoms with Gasteiger partial charge in [0.25, 0.3) is 0 Å². The van der Waals surface area contributed by atoms with E-state index in [2.05, 4.69) is 54.5 Å². The number of nitrogens with zero attached hydrogens (tertiary/aromatic N) is 1. The minimum absolute atomic E-state index is 0.734. The van der Waals surface area contributed by atoms with E-state index in [4.69, 9.17) is 4.74 Å². The van der Waals surface area contributed by atoms with Gasteiger partial charge in [0, 0.05) is 29.4 Å². The molecule has 0 N–H and O–H groups in total. The number of benzene rings is 2. The first-order valence-corrected chi connectivity index (χ1v) is 7.66. The van der Waals surface area contributed by atoms with E-state index in [1.54, 1.807) is 0 Å². The normalized spacial score (nSPS) is 14.4. The number of fused-ring (bicyclic) bond motifs is 5. The van der Waals surface area contributed by atoms with Gasteiger partial charge in [0.2, 0.25) is 0 Å². The van der Waals surface area contributed by atoms with Crippen LogP contribution in [-0.4, -0.2) is 11.2 Å². The molecule has 0 saturated heterocycles. The molecule has 0 radical (unpaired) electrons. The zero-order chi connectivity index (χ0) is 14.4. The average Bonchev–Trinajstić information content (AvgIpc) is 2.83. The summed E-state index contributed by atoms with van der Waals surface area (Å²) in [5.41, 5.74) is 4.92.